The number of ether oxygens (including phenoxy) is 3. The second-order valence-corrected chi connectivity index (χ2v) is 9.27. The molecule has 0 saturated heterocycles. The maximum Gasteiger partial charge on any atom is 0.271 e. The fraction of sp³-hybridized carbons (Fsp3) is 0.182. The van der Waals surface area contributed by atoms with E-state index in [1.807, 2.05) is 69.3 Å². The highest BCUT2D eigenvalue weighted by atomic mass is 16.5. The van der Waals surface area contributed by atoms with E-state index in [4.69, 9.17) is 14.2 Å². The molecule has 210 valence electrons. The van der Waals surface area contributed by atoms with Crippen LogP contribution in [0.15, 0.2) is 96.1 Å². The first-order valence-electron chi connectivity index (χ1n) is 13.3. The maximum absolute atomic E-state index is 12.7. The number of rotatable bonds is 12. The second-order valence-electron chi connectivity index (χ2n) is 9.27. The molecule has 0 aliphatic rings. The molecule has 0 heterocycles. The molecule has 0 unspecified atom stereocenters. The molecule has 0 bridgehead atoms. The lowest BCUT2D eigenvalue weighted by Crippen LogP contribution is -2.20. The van der Waals surface area contributed by atoms with Gasteiger partial charge in [-0.05, 0) is 97.6 Å². The number of carbonyl (C=O) groups is 2. The third kappa shape index (κ3) is 8.69. The molecule has 0 spiro atoms. The van der Waals surface area contributed by atoms with Crippen LogP contribution in [0.5, 0.6) is 17.2 Å². The highest BCUT2D eigenvalue weighted by Crippen LogP contribution is 2.29. The standard InChI is InChI=1S/C33H33N3O5/c1-4-39-31-19-27(13-17-30(31)41-21-26-8-6-5-7-9-26)33(38)36-34-20-25-11-15-29(16-12-25)40-22-32(37)35-28-14-10-23(2)24(3)18-28/h5-20H,4,21-22H2,1-3H3,(H,35,37)(H,36,38)/b34-20+. The van der Waals surface area contributed by atoms with Gasteiger partial charge in [0.25, 0.3) is 11.8 Å². The number of hydrogen-bond donors (Lipinski definition) is 2. The Kier molecular flexibility index (Phi) is 10.1. The second kappa shape index (κ2) is 14.3. The van der Waals surface area contributed by atoms with Gasteiger partial charge in [-0.15, -0.1) is 0 Å². The molecule has 8 heteroatoms. The van der Waals surface area contributed by atoms with Gasteiger partial charge in [-0.1, -0.05) is 36.4 Å². The third-order valence-corrected chi connectivity index (χ3v) is 6.16. The quantitative estimate of drug-likeness (QED) is 0.165. The number of carbonyl (C=O) groups excluding carboxylic acids is 2. The van der Waals surface area contributed by atoms with E-state index in [1.165, 1.54) is 6.21 Å². The number of aryl methyl sites for hydroxylation is 2. The molecule has 8 nitrogen and oxygen atoms in total. The minimum Gasteiger partial charge on any atom is -0.490 e. The Labute approximate surface area is 240 Å². The van der Waals surface area contributed by atoms with Crippen LogP contribution in [0.1, 0.15) is 39.5 Å². The Hall–Kier alpha value is -5.11. The van der Waals surface area contributed by atoms with Crippen LogP contribution >= 0.6 is 0 Å². The summed E-state index contributed by atoms with van der Waals surface area (Å²) in [6.07, 6.45) is 1.52. The number of anilines is 1. The molecule has 0 fully saturated rings. The summed E-state index contributed by atoms with van der Waals surface area (Å²) in [5.74, 6) is 0.954. The Morgan fingerprint density at radius 3 is 2.32 bits per heavy atom. The summed E-state index contributed by atoms with van der Waals surface area (Å²) in [6, 6.07) is 27.6. The number of nitrogens with one attached hydrogen (secondary N) is 2. The van der Waals surface area contributed by atoms with E-state index in [-0.39, 0.29) is 18.4 Å². The van der Waals surface area contributed by atoms with E-state index in [0.29, 0.717) is 36.0 Å². The topological polar surface area (TPSA) is 98.3 Å². The van der Waals surface area contributed by atoms with Gasteiger partial charge in [0.15, 0.2) is 18.1 Å². The van der Waals surface area contributed by atoms with E-state index in [1.54, 1.807) is 42.5 Å². The monoisotopic (exact) mass is 551 g/mol. The van der Waals surface area contributed by atoms with Gasteiger partial charge in [0, 0.05) is 11.3 Å². The van der Waals surface area contributed by atoms with Gasteiger partial charge in [-0.25, -0.2) is 5.43 Å². The zero-order valence-corrected chi connectivity index (χ0v) is 23.3. The lowest BCUT2D eigenvalue weighted by molar-refractivity contribution is -0.118. The van der Waals surface area contributed by atoms with Crippen LogP contribution in [0.2, 0.25) is 0 Å². The Morgan fingerprint density at radius 2 is 1.59 bits per heavy atom. The molecule has 0 radical (unpaired) electrons. The molecular formula is C33H33N3O5. The first kappa shape index (κ1) is 28.9. The van der Waals surface area contributed by atoms with Crippen molar-refractivity contribution in [3.05, 3.63) is 119 Å². The molecular weight excluding hydrogens is 518 g/mol. The van der Waals surface area contributed by atoms with Gasteiger partial charge >= 0.3 is 0 Å². The first-order valence-corrected chi connectivity index (χ1v) is 13.3. The number of hydrazone groups is 1. The predicted molar refractivity (Wildman–Crippen MR) is 160 cm³/mol. The van der Waals surface area contributed by atoms with E-state index in [2.05, 4.69) is 15.8 Å². The molecule has 0 aromatic heterocycles. The maximum atomic E-state index is 12.7. The number of amides is 2. The number of nitrogens with zero attached hydrogens (tertiary/aromatic N) is 1. The van der Waals surface area contributed by atoms with Gasteiger partial charge in [0.2, 0.25) is 0 Å². The molecule has 41 heavy (non-hydrogen) atoms. The molecule has 4 aromatic carbocycles. The highest BCUT2D eigenvalue weighted by molar-refractivity contribution is 5.95. The van der Waals surface area contributed by atoms with Gasteiger partial charge in [0.05, 0.1) is 12.8 Å². The molecule has 0 aliphatic heterocycles. The number of benzene rings is 4. The summed E-state index contributed by atoms with van der Waals surface area (Å²) in [4.78, 5) is 24.9. The smallest absolute Gasteiger partial charge is 0.271 e. The van der Waals surface area contributed by atoms with Crippen LogP contribution in [0, 0.1) is 13.8 Å². The van der Waals surface area contributed by atoms with E-state index < -0.39 is 0 Å². The SMILES string of the molecule is CCOc1cc(C(=O)N/N=C/c2ccc(OCC(=O)Nc3ccc(C)c(C)c3)cc2)ccc1OCc1ccccc1. The lowest BCUT2D eigenvalue weighted by atomic mass is 10.1. The normalized spacial score (nSPS) is 10.7. The third-order valence-electron chi connectivity index (χ3n) is 6.16. The molecule has 0 saturated carbocycles. The fourth-order valence-corrected chi connectivity index (χ4v) is 3.82. The van der Waals surface area contributed by atoms with Gasteiger partial charge in [-0.3, -0.25) is 9.59 Å². The van der Waals surface area contributed by atoms with Gasteiger partial charge in [0.1, 0.15) is 12.4 Å². The Bertz CT molecular complexity index is 1500. The van der Waals surface area contributed by atoms with Gasteiger partial charge in [-0.2, -0.15) is 5.10 Å². The average molecular weight is 552 g/mol. The van der Waals surface area contributed by atoms with Crippen molar-refractivity contribution in [3.8, 4) is 17.2 Å². The minimum absolute atomic E-state index is 0.115. The molecule has 2 amide bonds. The zero-order chi connectivity index (χ0) is 29.0. The van der Waals surface area contributed by atoms with E-state index in [9.17, 15) is 9.59 Å². The molecule has 0 atom stereocenters. The highest BCUT2D eigenvalue weighted by Gasteiger charge is 2.12. The Morgan fingerprint density at radius 1 is 0.805 bits per heavy atom. The van der Waals surface area contributed by atoms with Gasteiger partial charge < -0.3 is 19.5 Å². The lowest BCUT2D eigenvalue weighted by Gasteiger charge is -2.13. The van der Waals surface area contributed by atoms with Crippen LogP contribution in [-0.2, 0) is 11.4 Å². The molecule has 4 aromatic rings. The van der Waals surface area contributed by atoms with Crippen molar-refractivity contribution in [2.45, 2.75) is 27.4 Å². The molecule has 4 rings (SSSR count). The summed E-state index contributed by atoms with van der Waals surface area (Å²) in [5, 5.41) is 6.88. The van der Waals surface area contributed by atoms with Crippen molar-refractivity contribution >= 4 is 23.7 Å². The van der Waals surface area contributed by atoms with Crippen LogP contribution in [-0.4, -0.2) is 31.2 Å². The molecule has 0 aliphatic carbocycles. The summed E-state index contributed by atoms with van der Waals surface area (Å²) >= 11 is 0. The summed E-state index contributed by atoms with van der Waals surface area (Å²) in [7, 11) is 0. The summed E-state index contributed by atoms with van der Waals surface area (Å²) in [6.45, 7) is 6.60. The van der Waals surface area contributed by atoms with Crippen LogP contribution in [0.4, 0.5) is 5.69 Å². The van der Waals surface area contributed by atoms with E-state index >= 15 is 0 Å². The van der Waals surface area contributed by atoms with Crippen LogP contribution in [0.25, 0.3) is 0 Å². The van der Waals surface area contributed by atoms with Crippen molar-refractivity contribution in [3.63, 3.8) is 0 Å². The summed E-state index contributed by atoms with van der Waals surface area (Å²) in [5.41, 5.74) is 7.70. The average Bonchev–Trinajstić information content (AvgIpc) is 2.98. The fourth-order valence-electron chi connectivity index (χ4n) is 3.82. The van der Waals surface area contributed by atoms with Crippen molar-refractivity contribution < 1.29 is 23.8 Å². The Balaban J connectivity index is 1.27. The van der Waals surface area contributed by atoms with Crippen LogP contribution < -0.4 is 25.0 Å². The predicted octanol–water partition coefficient (Wildman–Crippen LogP) is 6.06. The molecule has 2 N–H and O–H groups in total. The van der Waals surface area contributed by atoms with E-state index in [0.717, 1.165) is 27.9 Å². The number of hydrogen-bond acceptors (Lipinski definition) is 6. The van der Waals surface area contributed by atoms with Crippen molar-refractivity contribution in [2.24, 2.45) is 5.10 Å². The van der Waals surface area contributed by atoms with Crippen molar-refractivity contribution in [2.75, 3.05) is 18.5 Å². The minimum atomic E-state index is -0.383. The first-order chi connectivity index (χ1) is 19.9. The largest absolute Gasteiger partial charge is 0.490 e. The zero-order valence-electron chi connectivity index (χ0n) is 23.3. The van der Waals surface area contributed by atoms with Crippen LogP contribution in [0.3, 0.4) is 0 Å². The summed E-state index contributed by atoms with van der Waals surface area (Å²) < 4.78 is 17.2. The van der Waals surface area contributed by atoms with Crippen molar-refractivity contribution in [1.29, 1.82) is 0 Å². The van der Waals surface area contributed by atoms with Crippen molar-refractivity contribution in [1.82, 2.24) is 5.43 Å².